The number of hydrogen-bond donors (Lipinski definition) is 0. The Morgan fingerprint density at radius 2 is 1.30 bits per heavy atom. The zero-order valence-corrected chi connectivity index (χ0v) is 14.1. The number of carbonyl (C=O) groups is 1. The largest absolute Gasteiger partial charge is 0.284 e. The third-order valence-corrected chi connectivity index (χ3v) is 4.53. The standard InChI is InChI=1S/C18H23OP/c1-17(2,3)13-14(18(4,5)6)15(13)20-16(19)12-10-8-7-9-11-12/h7-11H,1-6H3. The molecule has 0 heterocycles. The zero-order chi connectivity index (χ0) is 15.1. The summed E-state index contributed by atoms with van der Waals surface area (Å²) in [5.41, 5.74) is 4.05. The molecule has 0 radical (unpaired) electrons. The lowest BCUT2D eigenvalue weighted by atomic mass is 9.86. The fraction of sp³-hybridized carbons (Fsp3) is 0.444. The highest BCUT2D eigenvalue weighted by Crippen LogP contribution is 2.46. The van der Waals surface area contributed by atoms with Crippen molar-refractivity contribution in [3.63, 3.8) is 0 Å². The second-order valence-electron chi connectivity index (χ2n) is 7.38. The van der Waals surface area contributed by atoms with Crippen LogP contribution in [0.25, 0.3) is 0 Å². The van der Waals surface area contributed by atoms with Crippen LogP contribution in [-0.2, 0) is 10.8 Å². The Balaban J connectivity index is 2.44. The van der Waals surface area contributed by atoms with E-state index in [1.807, 2.05) is 30.3 Å². The van der Waals surface area contributed by atoms with Crippen molar-refractivity contribution in [3.8, 4) is 0 Å². The predicted molar refractivity (Wildman–Crippen MR) is 87.1 cm³/mol. The molecule has 0 atom stereocenters. The summed E-state index contributed by atoms with van der Waals surface area (Å²) in [7, 11) is 0.827. The molecule has 0 N–H and O–H groups in total. The van der Waals surface area contributed by atoms with Gasteiger partial charge in [-0.1, -0.05) is 71.9 Å². The number of hydrogen-bond acceptors (Lipinski definition) is 1. The fourth-order valence-corrected chi connectivity index (χ4v) is 4.04. The van der Waals surface area contributed by atoms with Crippen LogP contribution in [0.3, 0.4) is 0 Å². The lowest BCUT2D eigenvalue weighted by Crippen LogP contribution is -2.12. The van der Waals surface area contributed by atoms with Gasteiger partial charge < -0.3 is 0 Å². The number of rotatable bonds is 2. The van der Waals surface area contributed by atoms with E-state index in [9.17, 15) is 4.79 Å². The monoisotopic (exact) mass is 286 g/mol. The maximum atomic E-state index is 12.4. The van der Waals surface area contributed by atoms with Crippen LogP contribution in [0.4, 0.5) is 0 Å². The summed E-state index contributed by atoms with van der Waals surface area (Å²) in [5.74, 6) is 0. The molecule has 106 valence electrons. The smallest absolute Gasteiger partial charge is 0.212 e. The Kier molecular flexibility index (Phi) is 3.77. The quantitative estimate of drug-likeness (QED) is 0.668. The van der Waals surface area contributed by atoms with E-state index in [0.717, 1.165) is 13.8 Å². The van der Waals surface area contributed by atoms with Gasteiger partial charge in [-0.2, -0.15) is 0 Å². The van der Waals surface area contributed by atoms with Gasteiger partial charge in [0.15, 0.2) is 0 Å². The minimum Gasteiger partial charge on any atom is -0.284 e. The van der Waals surface area contributed by atoms with E-state index >= 15 is 0 Å². The van der Waals surface area contributed by atoms with E-state index in [-0.39, 0.29) is 16.4 Å². The molecule has 0 fully saturated rings. The highest BCUT2D eigenvalue weighted by atomic mass is 31.1. The van der Waals surface area contributed by atoms with E-state index in [1.165, 1.54) is 16.1 Å². The minimum atomic E-state index is 0.127. The molecule has 0 bridgehead atoms. The first kappa shape index (κ1) is 15.2. The van der Waals surface area contributed by atoms with Gasteiger partial charge in [-0.3, -0.25) is 4.79 Å². The van der Waals surface area contributed by atoms with E-state index in [2.05, 4.69) is 41.5 Å². The summed E-state index contributed by atoms with van der Waals surface area (Å²) in [5, 5.41) is 0. The molecular formula is C18H23OP. The molecule has 0 saturated carbocycles. The zero-order valence-electron chi connectivity index (χ0n) is 13.2. The molecule has 2 aromatic carbocycles. The van der Waals surface area contributed by atoms with Crippen molar-refractivity contribution in [1.82, 2.24) is 0 Å². The van der Waals surface area contributed by atoms with Crippen LogP contribution in [0.5, 0.6) is 0 Å². The van der Waals surface area contributed by atoms with Crippen LogP contribution in [-0.4, -0.2) is 5.52 Å². The van der Waals surface area contributed by atoms with Gasteiger partial charge in [-0.15, -0.1) is 0 Å². The Bertz CT molecular complexity index is 612. The van der Waals surface area contributed by atoms with E-state index in [4.69, 9.17) is 0 Å². The van der Waals surface area contributed by atoms with Gasteiger partial charge in [0.2, 0.25) is 5.52 Å². The summed E-state index contributed by atoms with van der Waals surface area (Å²) < 4.78 is 0. The molecule has 0 spiro atoms. The first-order valence-corrected chi connectivity index (χ1v) is 7.96. The molecular weight excluding hydrogens is 263 g/mol. The number of carbonyl (C=O) groups excluding carboxylic acids is 1. The third-order valence-electron chi connectivity index (χ3n) is 3.40. The van der Waals surface area contributed by atoms with E-state index in [0.29, 0.717) is 0 Å². The Hall–Kier alpha value is -1.20. The molecule has 0 aliphatic rings. The molecule has 20 heavy (non-hydrogen) atoms. The average molecular weight is 286 g/mol. The molecule has 2 aromatic rings. The topological polar surface area (TPSA) is 17.1 Å². The highest BCUT2D eigenvalue weighted by Gasteiger charge is 2.36. The Morgan fingerprint density at radius 1 is 0.850 bits per heavy atom. The SMILES string of the molecule is CC(C)(C)c1c(C(C)(C)C)c1=PC(=O)c1ccccc1. The third kappa shape index (κ3) is 3.10. The van der Waals surface area contributed by atoms with Crippen LogP contribution in [0.15, 0.2) is 30.3 Å². The summed E-state index contributed by atoms with van der Waals surface area (Å²) in [6, 6.07) is 9.57. The molecule has 0 unspecified atom stereocenters. The van der Waals surface area contributed by atoms with Crippen molar-refractivity contribution in [2.24, 2.45) is 0 Å². The van der Waals surface area contributed by atoms with Crippen molar-refractivity contribution < 1.29 is 4.79 Å². The Morgan fingerprint density at radius 3 is 1.70 bits per heavy atom. The molecule has 0 aliphatic carbocycles. The van der Waals surface area contributed by atoms with Crippen molar-refractivity contribution in [3.05, 3.63) is 52.0 Å². The van der Waals surface area contributed by atoms with Crippen molar-refractivity contribution in [1.29, 1.82) is 0 Å². The highest BCUT2D eigenvalue weighted by molar-refractivity contribution is 7.51. The molecule has 1 nitrogen and oxygen atoms in total. The lowest BCUT2D eigenvalue weighted by molar-refractivity contribution is 0.108. The summed E-state index contributed by atoms with van der Waals surface area (Å²) >= 11 is 0. The van der Waals surface area contributed by atoms with Gasteiger partial charge >= 0.3 is 0 Å². The average Bonchev–Trinajstić information content (AvgIpc) is 3.04. The minimum absolute atomic E-state index is 0.127. The molecule has 0 aromatic heterocycles. The van der Waals surface area contributed by atoms with Crippen LogP contribution in [0.1, 0.15) is 63.0 Å². The second kappa shape index (κ2) is 4.97. The van der Waals surface area contributed by atoms with Gasteiger partial charge in [-0.05, 0) is 30.2 Å². The maximum Gasteiger partial charge on any atom is 0.212 e. The van der Waals surface area contributed by atoms with Crippen LogP contribution < -0.4 is 0 Å². The number of benzene rings is 1. The van der Waals surface area contributed by atoms with Gasteiger partial charge in [-0.25, -0.2) is 0 Å². The lowest BCUT2D eigenvalue weighted by Gasteiger charge is -2.18. The van der Waals surface area contributed by atoms with Gasteiger partial charge in [0.25, 0.3) is 0 Å². The summed E-state index contributed by atoms with van der Waals surface area (Å²) in [6.07, 6.45) is 0. The predicted octanol–water partition coefficient (Wildman–Crippen LogP) is 5.48. The van der Waals surface area contributed by atoms with Crippen molar-refractivity contribution in [2.45, 2.75) is 52.4 Å². The summed E-state index contributed by atoms with van der Waals surface area (Å²) in [4.78, 5) is 13.6. The van der Waals surface area contributed by atoms with Gasteiger partial charge in [0.05, 0.1) is 0 Å². The van der Waals surface area contributed by atoms with E-state index in [1.54, 1.807) is 0 Å². The van der Waals surface area contributed by atoms with Crippen LogP contribution in [0, 0.1) is 4.94 Å². The fourth-order valence-electron chi connectivity index (χ4n) is 2.50. The van der Waals surface area contributed by atoms with Gasteiger partial charge in [0.1, 0.15) is 0 Å². The first-order valence-electron chi connectivity index (χ1n) is 7.06. The Labute approximate surface area is 123 Å². The molecule has 0 amide bonds. The molecule has 0 aliphatic heterocycles. The molecule has 0 saturated heterocycles. The van der Waals surface area contributed by atoms with Crippen molar-refractivity contribution >= 4 is 13.7 Å². The van der Waals surface area contributed by atoms with Crippen LogP contribution >= 0.6 is 8.20 Å². The maximum absolute atomic E-state index is 12.4. The normalized spacial score (nSPS) is 13.1. The first-order chi connectivity index (χ1) is 9.12. The van der Waals surface area contributed by atoms with Crippen molar-refractivity contribution in [2.75, 3.05) is 0 Å². The van der Waals surface area contributed by atoms with Crippen LogP contribution in [0.2, 0.25) is 0 Å². The van der Waals surface area contributed by atoms with E-state index < -0.39 is 0 Å². The molecule has 2 heteroatoms. The van der Waals surface area contributed by atoms with Gasteiger partial charge in [0, 0.05) is 10.5 Å². The molecule has 2 rings (SSSR count). The summed E-state index contributed by atoms with van der Waals surface area (Å²) in [6.45, 7) is 13.4. The second-order valence-corrected chi connectivity index (χ2v) is 8.46.